The molecule has 0 amide bonds. The number of rotatable bonds is 9. The summed E-state index contributed by atoms with van der Waals surface area (Å²) in [5.41, 5.74) is 1.34. The van der Waals surface area contributed by atoms with E-state index in [2.05, 4.69) is 67.7 Å². The Morgan fingerprint density at radius 1 is 1.10 bits per heavy atom. The second-order valence-corrected chi connectivity index (χ2v) is 8.47. The zero-order valence-electron chi connectivity index (χ0n) is 18.1. The summed E-state index contributed by atoms with van der Waals surface area (Å²) in [5, 5.41) is 8.02. The molecule has 1 saturated heterocycles. The molecule has 0 bridgehead atoms. The van der Waals surface area contributed by atoms with Crippen LogP contribution >= 0.6 is 35.3 Å². The second kappa shape index (κ2) is 13.8. The summed E-state index contributed by atoms with van der Waals surface area (Å²) in [5.74, 6) is 0.881. The molecular weight excluding hydrogens is 507 g/mol. The van der Waals surface area contributed by atoms with Crippen LogP contribution < -0.4 is 15.5 Å². The Bertz CT molecular complexity index is 743. The van der Waals surface area contributed by atoms with Gasteiger partial charge in [-0.1, -0.05) is 25.1 Å². The Morgan fingerprint density at radius 3 is 2.50 bits per heavy atom. The normalized spacial score (nSPS) is 15.0. The highest BCUT2D eigenvalue weighted by Crippen LogP contribution is 2.15. The van der Waals surface area contributed by atoms with E-state index in [4.69, 9.17) is 0 Å². The Hall–Kier alpha value is -1.39. The highest BCUT2D eigenvalue weighted by molar-refractivity contribution is 14.0. The van der Waals surface area contributed by atoms with Crippen LogP contribution in [0.15, 0.2) is 41.5 Å². The van der Waals surface area contributed by atoms with Crippen LogP contribution in [-0.2, 0) is 12.8 Å². The van der Waals surface area contributed by atoms with Gasteiger partial charge in [-0.15, -0.1) is 35.3 Å². The number of para-hydroxylation sites is 1. The number of halogens is 1. The molecule has 1 aromatic heterocycles. The van der Waals surface area contributed by atoms with Crippen molar-refractivity contribution in [3.63, 3.8) is 0 Å². The first-order valence-electron chi connectivity index (χ1n) is 10.7. The summed E-state index contributed by atoms with van der Waals surface area (Å²) in [6, 6.07) is 10.7. The molecule has 0 spiro atoms. The molecule has 0 atom stereocenters. The van der Waals surface area contributed by atoms with E-state index in [0.717, 1.165) is 71.0 Å². The molecule has 0 radical (unpaired) electrons. The molecule has 8 heteroatoms. The summed E-state index contributed by atoms with van der Waals surface area (Å²) in [6.07, 6.45) is 5.12. The number of aryl methyl sites for hydroxylation is 1. The minimum atomic E-state index is 0. The fourth-order valence-corrected chi connectivity index (χ4v) is 4.38. The van der Waals surface area contributed by atoms with Crippen molar-refractivity contribution in [1.29, 1.82) is 0 Å². The molecule has 2 N–H and O–H groups in total. The Morgan fingerprint density at radius 2 is 1.83 bits per heavy atom. The number of hydrogen-bond donors (Lipinski definition) is 2. The summed E-state index contributed by atoms with van der Waals surface area (Å²) in [6.45, 7) is 9.59. The molecule has 0 saturated carbocycles. The van der Waals surface area contributed by atoms with Crippen LogP contribution in [0.5, 0.6) is 0 Å². The van der Waals surface area contributed by atoms with Crippen molar-refractivity contribution >= 4 is 47.0 Å². The van der Waals surface area contributed by atoms with E-state index in [0.29, 0.717) is 0 Å². The van der Waals surface area contributed by atoms with Gasteiger partial charge in [0.05, 0.1) is 5.01 Å². The van der Waals surface area contributed by atoms with Gasteiger partial charge >= 0.3 is 0 Å². The Labute approximate surface area is 202 Å². The van der Waals surface area contributed by atoms with Crippen LogP contribution in [0, 0.1) is 0 Å². The molecule has 0 unspecified atom stereocenters. The zero-order chi connectivity index (χ0) is 20.3. The molecular formula is C22H35IN6S. The van der Waals surface area contributed by atoms with E-state index >= 15 is 0 Å². The van der Waals surface area contributed by atoms with Gasteiger partial charge in [0.15, 0.2) is 5.96 Å². The number of thiazole rings is 1. The van der Waals surface area contributed by atoms with Crippen LogP contribution in [0.3, 0.4) is 0 Å². The maximum absolute atomic E-state index is 4.47. The number of nitrogens with zero attached hydrogens (tertiary/aromatic N) is 4. The summed E-state index contributed by atoms with van der Waals surface area (Å²) in [4.78, 5) is 15.2. The van der Waals surface area contributed by atoms with Crippen LogP contribution in [-0.4, -0.2) is 68.7 Å². The number of hydrogen-bond acceptors (Lipinski definition) is 5. The van der Waals surface area contributed by atoms with E-state index in [1.54, 1.807) is 0 Å². The van der Waals surface area contributed by atoms with E-state index in [1.165, 1.54) is 15.6 Å². The summed E-state index contributed by atoms with van der Waals surface area (Å²) >= 11 is 1.81. The zero-order valence-corrected chi connectivity index (χ0v) is 21.3. The first-order chi connectivity index (χ1) is 14.3. The average molecular weight is 543 g/mol. The van der Waals surface area contributed by atoms with Gasteiger partial charge in [-0.3, -0.25) is 9.89 Å². The van der Waals surface area contributed by atoms with Gasteiger partial charge in [-0.25, -0.2) is 4.98 Å². The lowest BCUT2D eigenvalue weighted by Crippen LogP contribution is -2.47. The van der Waals surface area contributed by atoms with Gasteiger partial charge in [-0.2, -0.15) is 0 Å². The molecule has 30 heavy (non-hydrogen) atoms. The third kappa shape index (κ3) is 8.03. The van der Waals surface area contributed by atoms with Gasteiger partial charge in [0.2, 0.25) is 0 Å². The lowest BCUT2D eigenvalue weighted by Gasteiger charge is -2.36. The van der Waals surface area contributed by atoms with Crippen molar-refractivity contribution in [3.05, 3.63) is 46.4 Å². The maximum Gasteiger partial charge on any atom is 0.190 e. The minimum absolute atomic E-state index is 0. The predicted octanol–water partition coefficient (Wildman–Crippen LogP) is 3.24. The Kier molecular flexibility index (Phi) is 11.5. The molecule has 1 aliphatic rings. The third-order valence-corrected chi connectivity index (χ3v) is 6.44. The molecule has 1 aromatic carbocycles. The molecule has 6 nitrogen and oxygen atoms in total. The highest BCUT2D eigenvalue weighted by atomic mass is 127. The van der Waals surface area contributed by atoms with Crippen LogP contribution in [0.4, 0.5) is 5.69 Å². The van der Waals surface area contributed by atoms with Gasteiger partial charge in [0.1, 0.15) is 0 Å². The number of guanidine groups is 1. The fourth-order valence-electron chi connectivity index (χ4n) is 3.51. The molecule has 1 aliphatic heterocycles. The molecule has 2 heterocycles. The molecule has 1 fully saturated rings. The standard InChI is InChI=1S/C22H34N6S.HI/c1-3-20-18-26-21(29-20)10-12-25-22(23-2)24-11-7-13-27-14-16-28(17-15-27)19-8-5-4-6-9-19;/h4-6,8-9,18H,3,7,10-17H2,1-2H3,(H2,23,24,25);1H. The number of anilines is 1. The summed E-state index contributed by atoms with van der Waals surface area (Å²) in [7, 11) is 1.83. The number of aromatic nitrogens is 1. The number of piperazine rings is 1. The van der Waals surface area contributed by atoms with Crippen LogP contribution in [0.25, 0.3) is 0 Å². The van der Waals surface area contributed by atoms with E-state index in [-0.39, 0.29) is 24.0 Å². The van der Waals surface area contributed by atoms with E-state index < -0.39 is 0 Å². The van der Waals surface area contributed by atoms with Crippen molar-refractivity contribution in [3.8, 4) is 0 Å². The number of nitrogens with one attached hydrogen (secondary N) is 2. The van der Waals surface area contributed by atoms with Gasteiger partial charge < -0.3 is 15.5 Å². The lowest BCUT2D eigenvalue weighted by atomic mass is 10.2. The highest BCUT2D eigenvalue weighted by Gasteiger charge is 2.16. The smallest absolute Gasteiger partial charge is 0.190 e. The molecule has 0 aliphatic carbocycles. The molecule has 166 valence electrons. The van der Waals surface area contributed by atoms with Gasteiger partial charge in [0, 0.05) is 69.5 Å². The molecule has 3 rings (SSSR count). The van der Waals surface area contributed by atoms with Crippen LogP contribution in [0.1, 0.15) is 23.2 Å². The quantitative estimate of drug-likeness (QED) is 0.221. The first-order valence-corrected chi connectivity index (χ1v) is 11.5. The van der Waals surface area contributed by atoms with Gasteiger partial charge in [0.25, 0.3) is 0 Å². The number of benzene rings is 1. The molecule has 2 aromatic rings. The predicted molar refractivity (Wildman–Crippen MR) is 140 cm³/mol. The second-order valence-electron chi connectivity index (χ2n) is 7.27. The SMILES string of the molecule is CCc1cnc(CCNC(=NC)NCCCN2CCN(c3ccccc3)CC2)s1.I. The van der Waals surface area contributed by atoms with Crippen molar-refractivity contribution in [1.82, 2.24) is 20.5 Å². The van der Waals surface area contributed by atoms with Crippen LogP contribution in [0.2, 0.25) is 0 Å². The lowest BCUT2D eigenvalue weighted by molar-refractivity contribution is 0.255. The average Bonchev–Trinajstić information content (AvgIpc) is 3.24. The Balaban J connectivity index is 0.00000320. The van der Waals surface area contributed by atoms with Gasteiger partial charge in [-0.05, 0) is 31.5 Å². The number of aliphatic imine (C=N–C) groups is 1. The fraction of sp³-hybridized carbons (Fsp3) is 0.545. The van der Waals surface area contributed by atoms with Crippen molar-refractivity contribution in [2.24, 2.45) is 4.99 Å². The van der Waals surface area contributed by atoms with Crippen molar-refractivity contribution in [2.45, 2.75) is 26.2 Å². The monoisotopic (exact) mass is 542 g/mol. The summed E-state index contributed by atoms with van der Waals surface area (Å²) < 4.78 is 0. The third-order valence-electron chi connectivity index (χ3n) is 5.24. The van der Waals surface area contributed by atoms with E-state index in [9.17, 15) is 0 Å². The first kappa shape index (κ1) is 24.9. The minimum Gasteiger partial charge on any atom is -0.369 e. The van der Waals surface area contributed by atoms with Crippen molar-refractivity contribution < 1.29 is 0 Å². The topological polar surface area (TPSA) is 55.8 Å². The van der Waals surface area contributed by atoms with Crippen molar-refractivity contribution in [2.75, 3.05) is 57.8 Å². The van der Waals surface area contributed by atoms with E-state index in [1.807, 2.05) is 24.6 Å². The maximum atomic E-state index is 4.47. The largest absolute Gasteiger partial charge is 0.369 e.